The molecule has 0 aliphatic heterocycles. The van der Waals surface area contributed by atoms with Crippen molar-refractivity contribution in [3.63, 3.8) is 0 Å². The zero-order valence-electron chi connectivity index (χ0n) is 14.1. The van der Waals surface area contributed by atoms with Crippen molar-refractivity contribution in [3.05, 3.63) is 29.8 Å². The number of hydrogen-bond acceptors (Lipinski definition) is 4. The summed E-state index contributed by atoms with van der Waals surface area (Å²) in [6.45, 7) is 0.652. The second kappa shape index (κ2) is 9.75. The normalized spacial score (nSPS) is 10.9. The quantitative estimate of drug-likeness (QED) is 0.570. The molecule has 0 saturated heterocycles. The van der Waals surface area contributed by atoms with Gasteiger partial charge in [0.15, 0.2) is 0 Å². The van der Waals surface area contributed by atoms with E-state index in [1.165, 1.54) is 36.3 Å². The van der Waals surface area contributed by atoms with Gasteiger partial charge in [0.25, 0.3) is 0 Å². The van der Waals surface area contributed by atoms with Crippen LogP contribution in [-0.4, -0.2) is 44.0 Å². The molecule has 0 heterocycles. The Morgan fingerprint density at radius 1 is 1.16 bits per heavy atom. The van der Waals surface area contributed by atoms with E-state index in [-0.39, 0.29) is 24.3 Å². The van der Waals surface area contributed by atoms with Gasteiger partial charge >= 0.3 is 18.4 Å². The molecule has 1 aromatic carbocycles. The first-order chi connectivity index (χ1) is 11.7. The smallest absolute Gasteiger partial charge is 0.469 e. The number of rotatable bonds is 8. The maximum absolute atomic E-state index is 12.1. The molecule has 0 aliphatic rings. The third-order valence-corrected chi connectivity index (χ3v) is 3.23. The maximum Gasteiger partial charge on any atom is 0.573 e. The van der Waals surface area contributed by atoms with Crippen molar-refractivity contribution < 1.29 is 32.2 Å². The molecule has 9 heteroatoms. The van der Waals surface area contributed by atoms with Crippen LogP contribution in [0.25, 0.3) is 0 Å². The lowest BCUT2D eigenvalue weighted by Gasteiger charge is -2.18. The number of carbonyl (C=O) groups excluding carboxylic acids is 2. The minimum absolute atomic E-state index is 0.236. The highest BCUT2D eigenvalue weighted by atomic mass is 19.4. The molecule has 0 atom stereocenters. The molecule has 1 N–H and O–H groups in total. The topological polar surface area (TPSA) is 67.9 Å². The Kier molecular flexibility index (Phi) is 8.03. The molecular weight excluding hydrogens is 341 g/mol. The molecule has 0 unspecified atom stereocenters. The van der Waals surface area contributed by atoms with E-state index in [0.717, 1.165) is 0 Å². The third kappa shape index (κ3) is 8.83. The highest BCUT2D eigenvalue weighted by Crippen LogP contribution is 2.22. The van der Waals surface area contributed by atoms with Crippen LogP contribution in [0.3, 0.4) is 0 Å². The Morgan fingerprint density at radius 2 is 1.80 bits per heavy atom. The Hall–Kier alpha value is -2.45. The first-order valence-corrected chi connectivity index (χ1v) is 7.61. The van der Waals surface area contributed by atoms with Crippen LogP contribution in [0.4, 0.5) is 18.0 Å². The molecule has 6 nitrogen and oxygen atoms in total. The number of unbranched alkanes of at least 4 members (excludes halogenated alkanes) is 1. The fourth-order valence-electron chi connectivity index (χ4n) is 1.97. The van der Waals surface area contributed by atoms with E-state index in [4.69, 9.17) is 0 Å². The number of ether oxygens (including phenoxy) is 2. The summed E-state index contributed by atoms with van der Waals surface area (Å²) in [5.74, 6) is -0.602. The number of methoxy groups -OCH3 is 1. The van der Waals surface area contributed by atoms with Gasteiger partial charge in [0, 0.05) is 26.6 Å². The Bertz CT molecular complexity index is 561. The van der Waals surface area contributed by atoms with Crippen molar-refractivity contribution in [3.8, 4) is 5.75 Å². The molecular formula is C16H21F3N2O4. The highest BCUT2D eigenvalue weighted by molar-refractivity contribution is 5.73. The van der Waals surface area contributed by atoms with Gasteiger partial charge in [0.2, 0.25) is 0 Å². The summed E-state index contributed by atoms with van der Waals surface area (Å²) in [6, 6.07) is 5.00. The summed E-state index contributed by atoms with van der Waals surface area (Å²) in [5, 5.41) is 2.70. The molecule has 1 rings (SSSR count). The first kappa shape index (κ1) is 20.6. The van der Waals surface area contributed by atoms with E-state index in [0.29, 0.717) is 31.4 Å². The summed E-state index contributed by atoms with van der Waals surface area (Å²) in [4.78, 5) is 24.2. The van der Waals surface area contributed by atoms with E-state index in [2.05, 4.69) is 14.8 Å². The number of carbonyl (C=O) groups is 2. The van der Waals surface area contributed by atoms with Crippen LogP contribution in [0.2, 0.25) is 0 Å². The first-order valence-electron chi connectivity index (χ1n) is 7.61. The van der Waals surface area contributed by atoms with Gasteiger partial charge in [0.1, 0.15) is 5.75 Å². The summed E-state index contributed by atoms with van der Waals surface area (Å²) in [6.07, 6.45) is -3.18. The van der Waals surface area contributed by atoms with E-state index in [1.807, 2.05) is 0 Å². The molecule has 0 saturated carbocycles. The largest absolute Gasteiger partial charge is 0.573 e. The second-order valence-corrected chi connectivity index (χ2v) is 5.31. The molecule has 0 spiro atoms. The minimum atomic E-state index is -4.73. The van der Waals surface area contributed by atoms with Crippen molar-refractivity contribution in [1.29, 1.82) is 0 Å². The van der Waals surface area contributed by atoms with E-state index < -0.39 is 6.36 Å². The zero-order chi connectivity index (χ0) is 18.9. The lowest BCUT2D eigenvalue weighted by Crippen LogP contribution is -2.37. The lowest BCUT2D eigenvalue weighted by atomic mass is 10.2. The number of nitrogens with zero attached hydrogens (tertiary/aromatic N) is 1. The van der Waals surface area contributed by atoms with E-state index >= 15 is 0 Å². The fourth-order valence-corrected chi connectivity index (χ4v) is 1.97. The van der Waals surface area contributed by atoms with Gasteiger partial charge in [-0.3, -0.25) is 4.79 Å². The maximum atomic E-state index is 12.1. The van der Waals surface area contributed by atoms with Gasteiger partial charge in [-0.05, 0) is 30.5 Å². The average Bonchev–Trinajstić information content (AvgIpc) is 2.54. The number of urea groups is 1. The van der Waals surface area contributed by atoms with E-state index in [9.17, 15) is 22.8 Å². The van der Waals surface area contributed by atoms with Crippen LogP contribution >= 0.6 is 0 Å². The lowest BCUT2D eigenvalue weighted by molar-refractivity contribution is -0.274. The van der Waals surface area contributed by atoms with Crippen LogP contribution < -0.4 is 10.1 Å². The molecule has 0 aliphatic carbocycles. The molecule has 0 bridgehead atoms. The summed E-state index contributed by atoms with van der Waals surface area (Å²) in [5.41, 5.74) is 0.665. The summed E-state index contributed by atoms with van der Waals surface area (Å²) >= 11 is 0. The molecule has 0 radical (unpaired) electrons. The molecule has 2 amide bonds. The average molecular weight is 362 g/mol. The van der Waals surface area contributed by atoms with Crippen molar-refractivity contribution in [2.45, 2.75) is 32.2 Å². The van der Waals surface area contributed by atoms with Crippen LogP contribution in [0.1, 0.15) is 24.8 Å². The van der Waals surface area contributed by atoms with Gasteiger partial charge in [-0.25, -0.2) is 4.79 Å². The Balaban J connectivity index is 2.33. The minimum Gasteiger partial charge on any atom is -0.469 e. The predicted octanol–water partition coefficient (Wildman–Crippen LogP) is 3.07. The van der Waals surface area contributed by atoms with Crippen LogP contribution in [0, 0.1) is 0 Å². The number of halogens is 3. The fraction of sp³-hybridized carbons (Fsp3) is 0.500. The third-order valence-electron chi connectivity index (χ3n) is 3.23. The van der Waals surface area contributed by atoms with Crippen molar-refractivity contribution >= 4 is 12.0 Å². The van der Waals surface area contributed by atoms with E-state index in [1.54, 1.807) is 7.05 Å². The molecule has 1 aromatic rings. The predicted molar refractivity (Wildman–Crippen MR) is 83.9 cm³/mol. The van der Waals surface area contributed by atoms with Gasteiger partial charge < -0.3 is 19.7 Å². The molecule has 0 fully saturated rings. The van der Waals surface area contributed by atoms with Crippen molar-refractivity contribution in [2.24, 2.45) is 0 Å². The van der Waals surface area contributed by atoms with Gasteiger partial charge in [0.05, 0.1) is 7.11 Å². The van der Waals surface area contributed by atoms with Gasteiger partial charge in [-0.15, -0.1) is 13.2 Å². The Labute approximate surface area is 143 Å². The number of amides is 2. The monoisotopic (exact) mass is 362 g/mol. The standard InChI is InChI=1S/C16H21F3N2O4/c1-21(15(23)20-10-4-3-5-14(22)24-2)11-12-6-8-13(9-7-12)25-16(17,18)19/h6-9H,3-5,10-11H2,1-2H3,(H,20,23). The molecule has 0 aromatic heterocycles. The van der Waals surface area contributed by atoms with Crippen LogP contribution in [-0.2, 0) is 16.1 Å². The van der Waals surface area contributed by atoms with Crippen LogP contribution in [0.5, 0.6) is 5.75 Å². The number of esters is 1. The van der Waals surface area contributed by atoms with Crippen molar-refractivity contribution in [1.82, 2.24) is 10.2 Å². The molecule has 140 valence electrons. The number of nitrogens with one attached hydrogen (secondary N) is 1. The summed E-state index contributed by atoms with van der Waals surface area (Å²) in [7, 11) is 2.89. The highest BCUT2D eigenvalue weighted by Gasteiger charge is 2.30. The van der Waals surface area contributed by atoms with Gasteiger partial charge in [-0.2, -0.15) is 0 Å². The number of hydrogen-bond donors (Lipinski definition) is 1. The SMILES string of the molecule is COC(=O)CCCCNC(=O)N(C)Cc1ccc(OC(F)(F)F)cc1. The zero-order valence-corrected chi connectivity index (χ0v) is 14.1. The van der Waals surface area contributed by atoms with Crippen LogP contribution in [0.15, 0.2) is 24.3 Å². The summed E-state index contributed by atoms with van der Waals surface area (Å²) < 4.78 is 44.6. The molecule has 25 heavy (non-hydrogen) atoms. The number of benzene rings is 1. The Morgan fingerprint density at radius 3 is 2.36 bits per heavy atom. The van der Waals surface area contributed by atoms with Crippen molar-refractivity contribution in [2.75, 3.05) is 20.7 Å². The second-order valence-electron chi connectivity index (χ2n) is 5.31. The number of alkyl halides is 3. The van der Waals surface area contributed by atoms with Gasteiger partial charge in [-0.1, -0.05) is 12.1 Å².